The van der Waals surface area contributed by atoms with E-state index in [9.17, 15) is 21.6 Å². The summed E-state index contributed by atoms with van der Waals surface area (Å²) in [6, 6.07) is 22.3. The fraction of sp³-hybridized carbons (Fsp3) is 0.107. The first-order valence-electron chi connectivity index (χ1n) is 11.9. The number of amides is 1. The zero-order valence-corrected chi connectivity index (χ0v) is 24.9. The molecule has 0 aliphatic heterocycles. The normalized spacial score (nSPS) is 11.6. The standard InChI is InChI=1S/C28H26ClN3O5S3/c1-18-4-12-23(13-5-18)39(34,35)31-25-16-27(30-20(3)33)28(38-22-10-8-21(29)9-11-22)17-26(25)32-40(36,37)24-14-6-19(2)7-15-24/h4-17,31-32H,1-3H3,(H,30,33). The minimum absolute atomic E-state index is 0.00304. The van der Waals surface area contributed by atoms with E-state index in [2.05, 4.69) is 14.8 Å². The fourth-order valence-electron chi connectivity index (χ4n) is 3.59. The van der Waals surface area contributed by atoms with Gasteiger partial charge in [-0.15, -0.1) is 0 Å². The Bertz CT molecular complexity index is 1760. The van der Waals surface area contributed by atoms with Gasteiger partial charge in [-0.3, -0.25) is 14.2 Å². The first-order valence-corrected chi connectivity index (χ1v) is 16.1. The number of benzene rings is 4. The number of sulfonamides is 2. The summed E-state index contributed by atoms with van der Waals surface area (Å²) in [6.07, 6.45) is 0. The van der Waals surface area contributed by atoms with E-state index in [1.807, 2.05) is 13.8 Å². The molecule has 1 amide bonds. The third-order valence-corrected chi connectivity index (χ3v) is 9.70. The highest BCUT2D eigenvalue weighted by Crippen LogP contribution is 2.41. The smallest absolute Gasteiger partial charge is 0.261 e. The second kappa shape index (κ2) is 11.9. The molecule has 0 atom stereocenters. The molecular weight excluding hydrogens is 590 g/mol. The van der Waals surface area contributed by atoms with Crippen molar-refractivity contribution < 1.29 is 21.6 Å². The number of rotatable bonds is 9. The molecule has 4 rings (SSSR count). The van der Waals surface area contributed by atoms with Gasteiger partial charge < -0.3 is 5.32 Å². The van der Waals surface area contributed by atoms with Gasteiger partial charge in [-0.1, -0.05) is 58.8 Å². The van der Waals surface area contributed by atoms with Gasteiger partial charge in [-0.05, 0) is 74.5 Å². The van der Waals surface area contributed by atoms with Crippen molar-refractivity contribution in [3.63, 3.8) is 0 Å². The van der Waals surface area contributed by atoms with Crippen LogP contribution in [0.4, 0.5) is 17.1 Å². The molecule has 3 N–H and O–H groups in total. The van der Waals surface area contributed by atoms with Gasteiger partial charge in [0.25, 0.3) is 20.0 Å². The van der Waals surface area contributed by atoms with Crippen molar-refractivity contribution >= 4 is 66.4 Å². The molecule has 0 aromatic heterocycles. The third-order valence-electron chi connectivity index (χ3n) is 5.62. The van der Waals surface area contributed by atoms with Crippen LogP contribution < -0.4 is 14.8 Å². The maximum Gasteiger partial charge on any atom is 0.261 e. The maximum absolute atomic E-state index is 13.3. The SMILES string of the molecule is CC(=O)Nc1cc(NS(=O)(=O)c2ccc(C)cc2)c(NS(=O)(=O)c2ccc(C)cc2)cc1Sc1ccc(Cl)cc1. The van der Waals surface area contributed by atoms with Crippen molar-refractivity contribution in [2.45, 2.75) is 40.4 Å². The van der Waals surface area contributed by atoms with Crippen molar-refractivity contribution in [2.75, 3.05) is 14.8 Å². The number of anilines is 3. The number of aryl methyl sites for hydroxylation is 2. The van der Waals surface area contributed by atoms with Crippen molar-refractivity contribution in [3.8, 4) is 0 Å². The quantitative estimate of drug-likeness (QED) is 0.193. The van der Waals surface area contributed by atoms with Crippen molar-refractivity contribution in [3.05, 3.63) is 101 Å². The summed E-state index contributed by atoms with van der Waals surface area (Å²) in [5, 5.41) is 3.25. The van der Waals surface area contributed by atoms with E-state index in [0.717, 1.165) is 16.0 Å². The minimum atomic E-state index is -4.12. The van der Waals surface area contributed by atoms with Gasteiger partial charge in [0.1, 0.15) is 0 Å². The molecule has 8 nitrogen and oxygen atoms in total. The van der Waals surface area contributed by atoms with Crippen LogP contribution in [0.3, 0.4) is 0 Å². The highest BCUT2D eigenvalue weighted by molar-refractivity contribution is 7.99. The summed E-state index contributed by atoms with van der Waals surface area (Å²) in [6.45, 7) is 4.99. The van der Waals surface area contributed by atoms with Crippen LogP contribution in [0.5, 0.6) is 0 Å². The van der Waals surface area contributed by atoms with Crippen LogP contribution in [-0.2, 0) is 24.8 Å². The minimum Gasteiger partial charge on any atom is -0.325 e. The molecule has 0 fully saturated rings. The lowest BCUT2D eigenvalue weighted by Crippen LogP contribution is -2.18. The monoisotopic (exact) mass is 615 g/mol. The van der Waals surface area contributed by atoms with E-state index >= 15 is 0 Å². The summed E-state index contributed by atoms with van der Waals surface area (Å²) >= 11 is 7.26. The Labute approximate surface area is 243 Å². The molecule has 0 heterocycles. The van der Waals surface area contributed by atoms with E-state index < -0.39 is 26.0 Å². The summed E-state index contributed by atoms with van der Waals surface area (Å²) in [4.78, 5) is 13.3. The van der Waals surface area contributed by atoms with Crippen LogP contribution in [0.25, 0.3) is 0 Å². The van der Waals surface area contributed by atoms with Crippen LogP contribution >= 0.6 is 23.4 Å². The van der Waals surface area contributed by atoms with Gasteiger partial charge in [0.2, 0.25) is 5.91 Å². The molecule has 12 heteroatoms. The number of hydrogen-bond donors (Lipinski definition) is 3. The zero-order chi connectivity index (χ0) is 29.1. The summed E-state index contributed by atoms with van der Waals surface area (Å²) < 4.78 is 58.2. The topological polar surface area (TPSA) is 121 Å². The van der Waals surface area contributed by atoms with E-state index in [1.54, 1.807) is 48.5 Å². The lowest BCUT2D eigenvalue weighted by molar-refractivity contribution is -0.114. The number of halogens is 1. The van der Waals surface area contributed by atoms with Crippen LogP contribution in [0.15, 0.2) is 105 Å². The molecule has 208 valence electrons. The molecule has 0 aliphatic rings. The van der Waals surface area contributed by atoms with E-state index in [4.69, 9.17) is 11.6 Å². The number of hydrogen-bond acceptors (Lipinski definition) is 6. The Morgan fingerprint density at radius 3 is 1.57 bits per heavy atom. The molecule has 0 saturated heterocycles. The van der Waals surface area contributed by atoms with Crippen LogP contribution in [0.2, 0.25) is 5.02 Å². The highest BCUT2D eigenvalue weighted by atomic mass is 35.5. The molecule has 4 aromatic carbocycles. The molecule has 0 aliphatic carbocycles. The molecule has 0 saturated carbocycles. The van der Waals surface area contributed by atoms with Crippen LogP contribution in [-0.4, -0.2) is 22.7 Å². The van der Waals surface area contributed by atoms with Crippen molar-refractivity contribution in [1.82, 2.24) is 0 Å². The van der Waals surface area contributed by atoms with Gasteiger partial charge >= 0.3 is 0 Å². The fourth-order valence-corrected chi connectivity index (χ4v) is 6.78. The lowest BCUT2D eigenvalue weighted by Gasteiger charge is -2.19. The first kappa shape index (κ1) is 29.5. The molecule has 0 bridgehead atoms. The summed E-state index contributed by atoms with van der Waals surface area (Å²) in [5.74, 6) is -0.390. The molecule has 40 heavy (non-hydrogen) atoms. The number of carbonyl (C=O) groups excluding carboxylic acids is 1. The molecule has 4 aromatic rings. The second-order valence-electron chi connectivity index (χ2n) is 8.97. The molecular formula is C28H26ClN3O5S3. The van der Waals surface area contributed by atoms with Crippen LogP contribution in [0.1, 0.15) is 18.1 Å². The van der Waals surface area contributed by atoms with E-state index in [1.165, 1.54) is 55.1 Å². The number of nitrogens with one attached hydrogen (secondary N) is 3. The van der Waals surface area contributed by atoms with Gasteiger partial charge in [0.05, 0.1) is 26.9 Å². The average Bonchev–Trinajstić information content (AvgIpc) is 2.87. The highest BCUT2D eigenvalue weighted by Gasteiger charge is 2.23. The van der Waals surface area contributed by atoms with Gasteiger partial charge in [-0.2, -0.15) is 0 Å². The predicted octanol–water partition coefficient (Wildman–Crippen LogP) is 6.67. The molecule has 0 unspecified atom stereocenters. The Balaban J connectivity index is 1.84. The Morgan fingerprint density at radius 2 is 1.12 bits per heavy atom. The van der Waals surface area contributed by atoms with E-state index in [-0.39, 0.29) is 26.9 Å². The Kier molecular flexibility index (Phi) is 8.79. The zero-order valence-electron chi connectivity index (χ0n) is 21.7. The second-order valence-corrected chi connectivity index (χ2v) is 13.9. The Hall–Kier alpha value is -3.51. The largest absolute Gasteiger partial charge is 0.325 e. The lowest BCUT2D eigenvalue weighted by atomic mass is 10.2. The van der Waals surface area contributed by atoms with Gasteiger partial charge in [0, 0.05) is 21.7 Å². The third kappa shape index (κ3) is 7.36. The van der Waals surface area contributed by atoms with Crippen molar-refractivity contribution in [1.29, 1.82) is 0 Å². The first-order chi connectivity index (χ1) is 18.8. The number of carbonyl (C=O) groups is 1. The molecule has 0 radical (unpaired) electrons. The average molecular weight is 616 g/mol. The summed E-state index contributed by atoms with van der Waals surface area (Å²) in [7, 11) is -8.23. The molecule has 0 spiro atoms. The van der Waals surface area contributed by atoms with Crippen LogP contribution in [0, 0.1) is 13.8 Å². The van der Waals surface area contributed by atoms with Gasteiger partial charge in [-0.25, -0.2) is 16.8 Å². The predicted molar refractivity (Wildman–Crippen MR) is 160 cm³/mol. The maximum atomic E-state index is 13.3. The van der Waals surface area contributed by atoms with Gasteiger partial charge in [0.15, 0.2) is 0 Å². The Morgan fingerprint density at radius 1 is 0.675 bits per heavy atom. The van der Waals surface area contributed by atoms with Crippen molar-refractivity contribution in [2.24, 2.45) is 0 Å². The summed E-state index contributed by atoms with van der Waals surface area (Å²) in [5.41, 5.74) is 1.95. The van der Waals surface area contributed by atoms with E-state index in [0.29, 0.717) is 9.92 Å².